The van der Waals surface area contributed by atoms with Gasteiger partial charge in [-0.05, 0) is 50.1 Å². The van der Waals surface area contributed by atoms with E-state index in [1.54, 1.807) is 0 Å². The Kier molecular flexibility index (Phi) is 7.67. The molecule has 1 saturated heterocycles. The molecule has 1 heterocycles. The molecule has 156 valence electrons. The summed E-state index contributed by atoms with van der Waals surface area (Å²) >= 11 is 0. The number of amides is 1. The van der Waals surface area contributed by atoms with E-state index in [4.69, 9.17) is 0 Å². The second-order valence-corrected chi connectivity index (χ2v) is 7.76. The van der Waals surface area contributed by atoms with Gasteiger partial charge in [-0.1, -0.05) is 30.3 Å². The Bertz CT molecular complexity index is 781. The van der Waals surface area contributed by atoms with Gasteiger partial charge in [0.05, 0.1) is 6.54 Å². The second kappa shape index (κ2) is 10.4. The van der Waals surface area contributed by atoms with E-state index in [2.05, 4.69) is 83.3 Å². The van der Waals surface area contributed by atoms with Crippen LogP contribution in [0.3, 0.4) is 0 Å². The number of aryl methyl sites for hydroxylation is 1. The third kappa shape index (κ3) is 6.05. The predicted octanol–water partition coefficient (Wildman–Crippen LogP) is 3.60. The zero-order valence-electron chi connectivity index (χ0n) is 18.0. The van der Waals surface area contributed by atoms with Gasteiger partial charge in [-0.2, -0.15) is 0 Å². The molecule has 5 nitrogen and oxygen atoms in total. The molecule has 2 aromatic carbocycles. The van der Waals surface area contributed by atoms with Crippen molar-refractivity contribution in [2.75, 3.05) is 56.0 Å². The number of nitrogens with one attached hydrogen (secondary N) is 1. The lowest BCUT2D eigenvalue weighted by molar-refractivity contribution is -0.117. The number of nitrogens with zero attached hydrogens (tertiary/aromatic N) is 3. The summed E-state index contributed by atoms with van der Waals surface area (Å²) < 4.78 is 0. The summed E-state index contributed by atoms with van der Waals surface area (Å²) in [6.45, 7) is 13.7. The predicted molar refractivity (Wildman–Crippen MR) is 122 cm³/mol. The molecular weight excluding hydrogens is 360 g/mol. The SMILES string of the molecule is CCN(CC)c1ccc(NC(=O)CN2CCN(Cc3ccccc3)CC2)c(C)c1. The largest absolute Gasteiger partial charge is 0.372 e. The standard InChI is InChI=1S/C24H34N4O/c1-4-28(5-2)22-11-12-23(20(3)17-22)25-24(29)19-27-15-13-26(14-16-27)18-21-9-7-6-8-10-21/h6-12,17H,4-5,13-16,18-19H2,1-3H3,(H,25,29). The molecule has 1 aliphatic heterocycles. The van der Waals surface area contributed by atoms with Crippen molar-refractivity contribution in [3.63, 3.8) is 0 Å². The fraction of sp³-hybridized carbons (Fsp3) is 0.458. The van der Waals surface area contributed by atoms with Crippen molar-refractivity contribution in [2.24, 2.45) is 0 Å². The van der Waals surface area contributed by atoms with Gasteiger partial charge < -0.3 is 10.2 Å². The Balaban J connectivity index is 1.46. The lowest BCUT2D eigenvalue weighted by Crippen LogP contribution is -2.48. The lowest BCUT2D eigenvalue weighted by atomic mass is 10.1. The molecule has 0 aliphatic carbocycles. The first-order valence-corrected chi connectivity index (χ1v) is 10.7. The third-order valence-electron chi connectivity index (χ3n) is 5.69. The molecule has 0 radical (unpaired) electrons. The van der Waals surface area contributed by atoms with E-state index in [1.807, 2.05) is 6.07 Å². The van der Waals surface area contributed by atoms with E-state index in [1.165, 1.54) is 11.3 Å². The van der Waals surface area contributed by atoms with E-state index in [0.717, 1.165) is 57.1 Å². The van der Waals surface area contributed by atoms with Crippen molar-refractivity contribution >= 4 is 17.3 Å². The second-order valence-electron chi connectivity index (χ2n) is 7.76. The van der Waals surface area contributed by atoms with Crippen molar-refractivity contribution in [3.05, 3.63) is 59.7 Å². The van der Waals surface area contributed by atoms with Crippen LogP contribution >= 0.6 is 0 Å². The Morgan fingerprint density at radius 3 is 2.24 bits per heavy atom. The van der Waals surface area contributed by atoms with Crippen LogP contribution in [0.5, 0.6) is 0 Å². The van der Waals surface area contributed by atoms with Gasteiger partial charge >= 0.3 is 0 Å². The highest BCUT2D eigenvalue weighted by atomic mass is 16.2. The fourth-order valence-electron chi connectivity index (χ4n) is 3.91. The highest BCUT2D eigenvalue weighted by Crippen LogP contribution is 2.22. The van der Waals surface area contributed by atoms with Crippen LogP contribution in [-0.4, -0.2) is 61.5 Å². The number of carbonyl (C=O) groups is 1. The minimum Gasteiger partial charge on any atom is -0.372 e. The van der Waals surface area contributed by atoms with Crippen LogP contribution in [0, 0.1) is 6.92 Å². The summed E-state index contributed by atoms with van der Waals surface area (Å²) in [5.41, 5.74) is 4.58. The number of hydrogen-bond donors (Lipinski definition) is 1. The zero-order chi connectivity index (χ0) is 20.6. The maximum Gasteiger partial charge on any atom is 0.238 e. The first-order valence-electron chi connectivity index (χ1n) is 10.7. The van der Waals surface area contributed by atoms with Gasteiger partial charge in [-0.25, -0.2) is 0 Å². The summed E-state index contributed by atoms with van der Waals surface area (Å²) in [6, 6.07) is 16.9. The average molecular weight is 395 g/mol. The summed E-state index contributed by atoms with van der Waals surface area (Å²) in [7, 11) is 0. The van der Waals surface area contributed by atoms with Gasteiger partial charge in [0.2, 0.25) is 5.91 Å². The van der Waals surface area contributed by atoms with Crippen molar-refractivity contribution in [1.29, 1.82) is 0 Å². The Morgan fingerprint density at radius 1 is 0.966 bits per heavy atom. The summed E-state index contributed by atoms with van der Waals surface area (Å²) in [5.74, 6) is 0.0696. The van der Waals surface area contributed by atoms with Crippen LogP contribution in [0.1, 0.15) is 25.0 Å². The number of carbonyl (C=O) groups excluding carboxylic acids is 1. The highest BCUT2D eigenvalue weighted by molar-refractivity contribution is 5.93. The van der Waals surface area contributed by atoms with E-state index in [-0.39, 0.29) is 5.91 Å². The monoisotopic (exact) mass is 394 g/mol. The molecule has 0 aromatic heterocycles. The van der Waals surface area contributed by atoms with Crippen molar-refractivity contribution in [2.45, 2.75) is 27.3 Å². The minimum absolute atomic E-state index is 0.0696. The molecule has 1 aliphatic rings. The molecule has 0 atom stereocenters. The third-order valence-corrected chi connectivity index (χ3v) is 5.69. The first-order chi connectivity index (χ1) is 14.1. The Labute approximate surface area is 175 Å². The maximum atomic E-state index is 12.6. The van der Waals surface area contributed by atoms with Crippen LogP contribution in [0.2, 0.25) is 0 Å². The molecule has 1 fully saturated rings. The van der Waals surface area contributed by atoms with E-state index in [0.29, 0.717) is 6.54 Å². The highest BCUT2D eigenvalue weighted by Gasteiger charge is 2.19. The van der Waals surface area contributed by atoms with Crippen molar-refractivity contribution < 1.29 is 4.79 Å². The minimum atomic E-state index is 0.0696. The first kappa shape index (κ1) is 21.3. The molecule has 0 saturated carbocycles. The van der Waals surface area contributed by atoms with Crippen LogP contribution in [-0.2, 0) is 11.3 Å². The summed E-state index contributed by atoms with van der Waals surface area (Å²) in [6.07, 6.45) is 0. The molecule has 0 bridgehead atoms. The number of benzene rings is 2. The van der Waals surface area contributed by atoms with E-state index < -0.39 is 0 Å². The molecule has 2 aromatic rings. The lowest BCUT2D eigenvalue weighted by Gasteiger charge is -2.34. The fourth-order valence-corrected chi connectivity index (χ4v) is 3.91. The van der Waals surface area contributed by atoms with Crippen LogP contribution in [0.15, 0.2) is 48.5 Å². The zero-order valence-corrected chi connectivity index (χ0v) is 18.0. The number of hydrogen-bond acceptors (Lipinski definition) is 4. The molecule has 0 unspecified atom stereocenters. The van der Waals surface area contributed by atoms with Gasteiger partial charge in [0.25, 0.3) is 0 Å². The smallest absolute Gasteiger partial charge is 0.238 e. The molecule has 5 heteroatoms. The van der Waals surface area contributed by atoms with Crippen LogP contribution in [0.4, 0.5) is 11.4 Å². The molecule has 3 rings (SSSR count). The van der Waals surface area contributed by atoms with E-state index >= 15 is 0 Å². The number of piperazine rings is 1. The van der Waals surface area contributed by atoms with Crippen molar-refractivity contribution in [3.8, 4) is 0 Å². The van der Waals surface area contributed by atoms with Gasteiger partial charge in [-0.15, -0.1) is 0 Å². The molecule has 0 spiro atoms. The van der Waals surface area contributed by atoms with Crippen molar-refractivity contribution in [1.82, 2.24) is 9.80 Å². The number of anilines is 2. The normalized spacial score (nSPS) is 15.3. The van der Waals surface area contributed by atoms with Gasteiger partial charge in [0, 0.05) is 57.2 Å². The van der Waals surface area contributed by atoms with Gasteiger partial charge in [0.1, 0.15) is 0 Å². The Hall–Kier alpha value is -2.37. The van der Waals surface area contributed by atoms with Gasteiger partial charge in [-0.3, -0.25) is 14.6 Å². The summed E-state index contributed by atoms with van der Waals surface area (Å²) in [5, 5.41) is 3.10. The Morgan fingerprint density at radius 2 is 1.62 bits per heavy atom. The summed E-state index contributed by atoms with van der Waals surface area (Å²) in [4.78, 5) is 19.6. The van der Waals surface area contributed by atoms with Crippen LogP contribution < -0.4 is 10.2 Å². The molecule has 1 N–H and O–H groups in total. The average Bonchev–Trinajstić information content (AvgIpc) is 2.73. The maximum absolute atomic E-state index is 12.6. The molecule has 1 amide bonds. The molecular formula is C24H34N4O. The number of rotatable bonds is 8. The van der Waals surface area contributed by atoms with Gasteiger partial charge in [0.15, 0.2) is 0 Å². The topological polar surface area (TPSA) is 38.8 Å². The quantitative estimate of drug-likeness (QED) is 0.743. The molecule has 29 heavy (non-hydrogen) atoms. The van der Waals surface area contributed by atoms with E-state index in [9.17, 15) is 4.79 Å². The van der Waals surface area contributed by atoms with Crippen LogP contribution in [0.25, 0.3) is 0 Å².